The lowest BCUT2D eigenvalue weighted by Gasteiger charge is -2.37. The number of nitrogens with zero attached hydrogens (tertiary/aromatic N) is 1. The summed E-state index contributed by atoms with van der Waals surface area (Å²) in [5, 5.41) is 3.04. The lowest BCUT2D eigenvalue weighted by atomic mass is 9.63. The van der Waals surface area contributed by atoms with E-state index in [1.54, 1.807) is 43.5 Å². The van der Waals surface area contributed by atoms with E-state index in [1.165, 1.54) is 0 Å². The number of halogens is 1. The van der Waals surface area contributed by atoms with Crippen molar-refractivity contribution in [3.8, 4) is 5.75 Å². The van der Waals surface area contributed by atoms with Crippen LogP contribution in [0.25, 0.3) is 6.08 Å². The molecule has 0 saturated carbocycles. The van der Waals surface area contributed by atoms with Crippen molar-refractivity contribution in [3.05, 3.63) is 130 Å². The fourth-order valence-corrected chi connectivity index (χ4v) is 7.11. The Morgan fingerprint density at radius 3 is 2.27 bits per heavy atom. The molecular formula is C34H25BrN2O4. The number of methoxy groups -OCH3 is 1. The van der Waals surface area contributed by atoms with Crippen molar-refractivity contribution in [3.63, 3.8) is 0 Å². The van der Waals surface area contributed by atoms with Gasteiger partial charge in [-0.05, 0) is 59.7 Å². The van der Waals surface area contributed by atoms with Gasteiger partial charge in [0.2, 0.25) is 5.91 Å². The Hall–Kier alpha value is -4.49. The van der Waals surface area contributed by atoms with Gasteiger partial charge in [0.25, 0.3) is 0 Å². The Kier molecular flexibility index (Phi) is 5.94. The quantitative estimate of drug-likeness (QED) is 0.270. The van der Waals surface area contributed by atoms with Crippen LogP contribution in [0.2, 0.25) is 0 Å². The summed E-state index contributed by atoms with van der Waals surface area (Å²) in [4.78, 5) is 45.9. The van der Waals surface area contributed by atoms with Crippen LogP contribution < -0.4 is 15.0 Å². The maximum Gasteiger partial charge on any atom is 0.238 e. The zero-order valence-electron chi connectivity index (χ0n) is 22.1. The number of carbonyl (C=O) groups excluding carboxylic acids is 3. The highest BCUT2D eigenvalue weighted by molar-refractivity contribution is 9.10. The SMILES string of the molecule is COc1ccc(C(=O)[C@H]2[C@@H]3C=Cc4ccccc4N3[C@@H](C(=O)c3ccc(Br)cc3)[C@@]23C(=O)Nc2ccccc23)cc1. The molecule has 1 amide bonds. The van der Waals surface area contributed by atoms with E-state index < -0.39 is 23.4 Å². The first-order chi connectivity index (χ1) is 19.9. The zero-order chi connectivity index (χ0) is 28.3. The minimum atomic E-state index is -1.48. The number of ketones is 2. The Morgan fingerprint density at radius 1 is 0.854 bits per heavy atom. The summed E-state index contributed by atoms with van der Waals surface area (Å²) >= 11 is 3.46. The third-order valence-electron chi connectivity index (χ3n) is 8.58. The normalized spacial score (nSPS) is 23.5. The van der Waals surface area contributed by atoms with Gasteiger partial charge in [-0.3, -0.25) is 14.4 Å². The third kappa shape index (κ3) is 3.65. The zero-order valence-corrected chi connectivity index (χ0v) is 23.7. The lowest BCUT2D eigenvalue weighted by molar-refractivity contribution is -0.121. The minimum Gasteiger partial charge on any atom is -0.497 e. The van der Waals surface area contributed by atoms with Crippen molar-refractivity contribution in [2.45, 2.75) is 17.5 Å². The predicted octanol–water partition coefficient (Wildman–Crippen LogP) is 6.31. The summed E-state index contributed by atoms with van der Waals surface area (Å²) < 4.78 is 6.16. The van der Waals surface area contributed by atoms with Gasteiger partial charge in [-0.2, -0.15) is 0 Å². The van der Waals surface area contributed by atoms with Crippen molar-refractivity contribution in [2.24, 2.45) is 5.92 Å². The number of fused-ring (bicyclic) bond motifs is 5. The predicted molar refractivity (Wildman–Crippen MR) is 162 cm³/mol. The second-order valence-electron chi connectivity index (χ2n) is 10.5. The minimum absolute atomic E-state index is 0.204. The van der Waals surface area contributed by atoms with Crippen LogP contribution in [-0.4, -0.2) is 36.7 Å². The number of hydrogen-bond donors (Lipinski definition) is 1. The summed E-state index contributed by atoms with van der Waals surface area (Å²) in [6, 6.07) is 27.8. The summed E-state index contributed by atoms with van der Waals surface area (Å²) in [6.07, 6.45) is 3.96. The van der Waals surface area contributed by atoms with Crippen molar-refractivity contribution in [1.82, 2.24) is 0 Å². The molecule has 0 aliphatic carbocycles. The molecule has 0 aromatic heterocycles. The average molecular weight is 605 g/mol. The van der Waals surface area contributed by atoms with E-state index in [9.17, 15) is 14.4 Å². The fraction of sp³-hybridized carbons (Fsp3) is 0.147. The van der Waals surface area contributed by atoms with E-state index >= 15 is 0 Å². The second kappa shape index (κ2) is 9.56. The Morgan fingerprint density at radius 2 is 1.51 bits per heavy atom. The second-order valence-corrected chi connectivity index (χ2v) is 11.4. The standard InChI is InChI=1S/C34H25BrN2O4/c1-41-24-17-12-21(13-18-24)30(38)29-28-19-14-20-6-2-5-9-27(20)37(28)32(31(39)22-10-15-23(35)16-11-22)34(29)25-7-3-4-8-26(25)36-33(34)40/h2-19,28-29,32H,1H3,(H,36,40)/t28-,29+,32-,34-/m0/s1. The maximum absolute atomic E-state index is 14.7. The molecule has 6 nitrogen and oxygen atoms in total. The van der Waals surface area contributed by atoms with Crippen LogP contribution in [0.3, 0.4) is 0 Å². The van der Waals surface area contributed by atoms with Crippen LogP contribution in [0.1, 0.15) is 31.8 Å². The number of nitrogens with one attached hydrogen (secondary N) is 1. The van der Waals surface area contributed by atoms with E-state index in [-0.39, 0.29) is 17.5 Å². The number of ether oxygens (including phenoxy) is 1. The molecule has 3 aliphatic rings. The summed E-state index contributed by atoms with van der Waals surface area (Å²) in [6.45, 7) is 0. The number of hydrogen-bond acceptors (Lipinski definition) is 5. The van der Waals surface area contributed by atoms with Crippen LogP contribution in [-0.2, 0) is 10.2 Å². The highest BCUT2D eigenvalue weighted by Gasteiger charge is 2.70. The molecule has 4 atom stereocenters. The number of Topliss-reactive ketones (excluding diaryl/α,β-unsaturated/α-hetero) is 2. The molecule has 1 fully saturated rings. The first-order valence-electron chi connectivity index (χ1n) is 13.4. The molecule has 7 heteroatoms. The van der Waals surface area contributed by atoms with E-state index in [0.29, 0.717) is 28.1 Å². The molecule has 4 aromatic rings. The van der Waals surface area contributed by atoms with Gasteiger partial charge in [0, 0.05) is 27.0 Å². The Balaban J connectivity index is 1.52. The van der Waals surface area contributed by atoms with Crippen molar-refractivity contribution >= 4 is 50.9 Å². The van der Waals surface area contributed by atoms with Gasteiger partial charge in [-0.25, -0.2) is 0 Å². The maximum atomic E-state index is 14.7. The monoisotopic (exact) mass is 604 g/mol. The number of carbonyl (C=O) groups is 3. The van der Waals surface area contributed by atoms with Gasteiger partial charge in [0.15, 0.2) is 11.6 Å². The molecule has 1 saturated heterocycles. The Labute approximate surface area is 245 Å². The van der Waals surface area contributed by atoms with Crippen molar-refractivity contribution in [1.29, 1.82) is 0 Å². The first-order valence-corrected chi connectivity index (χ1v) is 14.2. The van der Waals surface area contributed by atoms with Crippen LogP contribution >= 0.6 is 15.9 Å². The molecule has 202 valence electrons. The topological polar surface area (TPSA) is 75.7 Å². The third-order valence-corrected chi connectivity index (χ3v) is 9.11. The highest BCUT2D eigenvalue weighted by atomic mass is 79.9. The molecule has 1 spiro atoms. The number of benzene rings is 4. The van der Waals surface area contributed by atoms with Crippen molar-refractivity contribution in [2.75, 3.05) is 17.3 Å². The van der Waals surface area contributed by atoms with Crippen LogP contribution in [0.5, 0.6) is 5.75 Å². The fourth-order valence-electron chi connectivity index (χ4n) is 6.84. The smallest absolute Gasteiger partial charge is 0.238 e. The van der Waals surface area contributed by atoms with Gasteiger partial charge in [-0.15, -0.1) is 0 Å². The van der Waals surface area contributed by atoms with Crippen LogP contribution in [0.15, 0.2) is 108 Å². The number of anilines is 2. The number of rotatable bonds is 5. The highest BCUT2D eigenvalue weighted by Crippen LogP contribution is 2.58. The van der Waals surface area contributed by atoms with E-state index in [2.05, 4.69) is 21.2 Å². The number of para-hydroxylation sites is 2. The summed E-state index contributed by atoms with van der Waals surface area (Å²) in [5.41, 5.74) is 2.47. The Bertz CT molecular complexity index is 1750. The molecule has 7 rings (SSSR count). The number of amides is 1. The average Bonchev–Trinajstić information content (AvgIpc) is 3.48. The first kappa shape index (κ1) is 25.5. The molecule has 41 heavy (non-hydrogen) atoms. The van der Waals surface area contributed by atoms with Gasteiger partial charge in [0.1, 0.15) is 17.2 Å². The van der Waals surface area contributed by atoms with Crippen molar-refractivity contribution < 1.29 is 19.1 Å². The summed E-state index contributed by atoms with van der Waals surface area (Å²) in [5.74, 6) is -1.02. The van der Waals surface area contributed by atoms with Crippen LogP contribution in [0.4, 0.5) is 11.4 Å². The van der Waals surface area contributed by atoms with Gasteiger partial charge in [-0.1, -0.05) is 76.6 Å². The molecule has 0 radical (unpaired) electrons. The molecule has 0 bridgehead atoms. The molecule has 3 aliphatic heterocycles. The molecule has 0 unspecified atom stereocenters. The van der Waals surface area contributed by atoms with Crippen LogP contribution in [0, 0.1) is 5.92 Å². The van der Waals surface area contributed by atoms with Gasteiger partial charge in [0.05, 0.1) is 19.1 Å². The molecular weight excluding hydrogens is 580 g/mol. The largest absolute Gasteiger partial charge is 0.497 e. The van der Waals surface area contributed by atoms with Gasteiger partial charge < -0.3 is 15.0 Å². The lowest BCUT2D eigenvalue weighted by Crippen LogP contribution is -2.55. The summed E-state index contributed by atoms with van der Waals surface area (Å²) in [7, 11) is 1.57. The van der Waals surface area contributed by atoms with E-state index in [1.807, 2.05) is 77.7 Å². The molecule has 3 heterocycles. The molecule has 4 aromatic carbocycles. The molecule has 1 N–H and O–H groups in total. The van der Waals surface area contributed by atoms with E-state index in [4.69, 9.17) is 4.74 Å². The van der Waals surface area contributed by atoms with E-state index in [0.717, 1.165) is 15.7 Å². The van der Waals surface area contributed by atoms with Gasteiger partial charge >= 0.3 is 0 Å².